The maximum Gasteiger partial charge on any atom is 0.224 e. The van der Waals surface area contributed by atoms with E-state index >= 15 is 0 Å². The number of benzene rings is 2. The lowest BCUT2D eigenvalue weighted by Crippen LogP contribution is -2.38. The fraction of sp³-hybridized carbons (Fsp3) is 0.458. The quantitative estimate of drug-likeness (QED) is 0.780. The number of nitrogens with zero attached hydrogens (tertiary/aromatic N) is 1. The Morgan fingerprint density at radius 1 is 1.14 bits per heavy atom. The van der Waals surface area contributed by atoms with Gasteiger partial charge in [0.25, 0.3) is 0 Å². The lowest BCUT2D eigenvalue weighted by Gasteiger charge is -2.24. The Balaban J connectivity index is 1.38. The highest BCUT2D eigenvalue weighted by molar-refractivity contribution is 5.80. The van der Waals surface area contributed by atoms with Crippen molar-refractivity contribution in [2.45, 2.75) is 37.8 Å². The van der Waals surface area contributed by atoms with Gasteiger partial charge in [-0.25, -0.2) is 0 Å². The van der Waals surface area contributed by atoms with Crippen LogP contribution in [0.1, 0.15) is 36.4 Å². The first-order valence-electron chi connectivity index (χ1n) is 10.5. The van der Waals surface area contributed by atoms with Crippen LogP contribution in [0.2, 0.25) is 0 Å². The Labute approximate surface area is 173 Å². The van der Waals surface area contributed by atoms with E-state index in [1.807, 2.05) is 18.2 Å². The highest BCUT2D eigenvalue weighted by atomic mass is 16.5. The van der Waals surface area contributed by atoms with Crippen molar-refractivity contribution in [1.82, 2.24) is 10.2 Å². The van der Waals surface area contributed by atoms with Crippen molar-refractivity contribution in [3.8, 4) is 11.5 Å². The average Bonchev–Trinajstić information content (AvgIpc) is 3.37. The summed E-state index contributed by atoms with van der Waals surface area (Å²) in [6.45, 7) is 1.71. The molecule has 2 saturated heterocycles. The monoisotopic (exact) mass is 394 g/mol. The number of carbonyl (C=O) groups is 1. The summed E-state index contributed by atoms with van der Waals surface area (Å²) in [7, 11) is 3.30. The van der Waals surface area contributed by atoms with Gasteiger partial charge < -0.3 is 14.8 Å². The van der Waals surface area contributed by atoms with Crippen molar-refractivity contribution in [1.29, 1.82) is 0 Å². The Hall–Kier alpha value is -2.53. The smallest absolute Gasteiger partial charge is 0.224 e. The summed E-state index contributed by atoms with van der Waals surface area (Å²) in [5.74, 6) is 1.83. The molecule has 0 unspecified atom stereocenters. The molecule has 0 spiro atoms. The van der Waals surface area contributed by atoms with E-state index in [1.165, 1.54) is 12.0 Å². The van der Waals surface area contributed by atoms with Gasteiger partial charge in [0, 0.05) is 24.7 Å². The van der Waals surface area contributed by atoms with Crippen LogP contribution in [-0.4, -0.2) is 44.2 Å². The van der Waals surface area contributed by atoms with Gasteiger partial charge in [0.05, 0.1) is 20.1 Å². The molecule has 2 aliphatic heterocycles. The maximum absolute atomic E-state index is 13.0. The summed E-state index contributed by atoms with van der Waals surface area (Å²) in [5.41, 5.74) is 2.40. The molecular weight excluding hydrogens is 364 g/mol. The molecule has 1 amide bonds. The number of methoxy groups -OCH3 is 2. The number of rotatable bonds is 7. The van der Waals surface area contributed by atoms with Gasteiger partial charge in [0.1, 0.15) is 11.5 Å². The third-order valence-corrected chi connectivity index (χ3v) is 6.39. The number of hydrogen-bond donors (Lipinski definition) is 1. The summed E-state index contributed by atoms with van der Waals surface area (Å²) in [6.07, 6.45) is 3.95. The molecule has 154 valence electrons. The van der Waals surface area contributed by atoms with Crippen molar-refractivity contribution in [2.75, 3.05) is 27.3 Å². The van der Waals surface area contributed by atoms with Gasteiger partial charge in [0.2, 0.25) is 5.91 Å². The van der Waals surface area contributed by atoms with Crippen molar-refractivity contribution >= 4 is 5.91 Å². The van der Waals surface area contributed by atoms with E-state index in [-0.39, 0.29) is 11.8 Å². The minimum Gasteiger partial charge on any atom is -0.497 e. The number of carbonyl (C=O) groups excluding carboxylic acids is 1. The minimum absolute atomic E-state index is 0.0699. The predicted octanol–water partition coefficient (Wildman–Crippen LogP) is 3.59. The third kappa shape index (κ3) is 4.10. The van der Waals surface area contributed by atoms with Crippen LogP contribution in [0.15, 0.2) is 48.5 Å². The van der Waals surface area contributed by atoms with Crippen LogP contribution in [0.25, 0.3) is 0 Å². The normalized spacial score (nSPS) is 23.6. The van der Waals surface area contributed by atoms with Crippen molar-refractivity contribution < 1.29 is 14.3 Å². The fourth-order valence-corrected chi connectivity index (χ4v) is 4.96. The molecule has 0 aromatic heterocycles. The Morgan fingerprint density at radius 3 is 2.72 bits per heavy atom. The van der Waals surface area contributed by atoms with Crippen LogP contribution in [-0.2, 0) is 11.2 Å². The molecule has 5 heteroatoms. The Morgan fingerprint density at radius 2 is 1.97 bits per heavy atom. The molecule has 1 N–H and O–H groups in total. The second-order valence-electron chi connectivity index (χ2n) is 7.93. The van der Waals surface area contributed by atoms with Crippen molar-refractivity contribution in [3.63, 3.8) is 0 Å². The largest absolute Gasteiger partial charge is 0.497 e. The topological polar surface area (TPSA) is 50.8 Å². The zero-order chi connectivity index (χ0) is 20.2. The molecule has 4 rings (SSSR count). The van der Waals surface area contributed by atoms with Crippen LogP contribution in [0, 0.1) is 5.92 Å². The van der Waals surface area contributed by atoms with Crippen LogP contribution in [0.5, 0.6) is 11.5 Å². The molecule has 2 fully saturated rings. The first kappa shape index (κ1) is 19.8. The molecule has 0 saturated carbocycles. The van der Waals surface area contributed by atoms with Gasteiger partial charge >= 0.3 is 0 Å². The van der Waals surface area contributed by atoms with Gasteiger partial charge in [-0.05, 0) is 49.4 Å². The molecule has 2 aromatic carbocycles. The van der Waals surface area contributed by atoms with E-state index < -0.39 is 0 Å². The summed E-state index contributed by atoms with van der Waals surface area (Å²) >= 11 is 0. The highest BCUT2D eigenvalue weighted by Crippen LogP contribution is 2.44. The molecule has 2 aromatic rings. The summed E-state index contributed by atoms with van der Waals surface area (Å²) in [6, 6.07) is 17.2. The first-order chi connectivity index (χ1) is 14.2. The predicted molar refractivity (Wildman–Crippen MR) is 113 cm³/mol. The zero-order valence-electron chi connectivity index (χ0n) is 17.3. The average molecular weight is 395 g/mol. The van der Waals surface area contributed by atoms with Gasteiger partial charge in [0.15, 0.2) is 0 Å². The lowest BCUT2D eigenvalue weighted by atomic mass is 9.93. The second-order valence-corrected chi connectivity index (χ2v) is 7.93. The number of nitrogens with one attached hydrogen (secondary N) is 1. The molecule has 0 aliphatic carbocycles. The fourth-order valence-electron chi connectivity index (χ4n) is 4.96. The molecule has 3 atom stereocenters. The standard InChI is InChI=1S/C24H30N2O3/c1-28-19-11-10-18(23(15-19)29-2)12-13-25-24(27)20-16-22(17-7-4-3-5-8-17)26-14-6-9-21(20)26/h3-5,7-8,10-11,15,20-22H,6,9,12-14,16H2,1-2H3,(H,25,27)/t20-,21+,22-/m0/s1. The van der Waals surface area contributed by atoms with Gasteiger partial charge in [-0.15, -0.1) is 0 Å². The van der Waals surface area contributed by atoms with E-state index in [0.717, 1.165) is 42.9 Å². The zero-order valence-corrected chi connectivity index (χ0v) is 17.3. The molecule has 2 heterocycles. The van der Waals surface area contributed by atoms with E-state index in [1.54, 1.807) is 14.2 Å². The van der Waals surface area contributed by atoms with E-state index in [0.29, 0.717) is 18.6 Å². The third-order valence-electron chi connectivity index (χ3n) is 6.39. The van der Waals surface area contributed by atoms with E-state index in [4.69, 9.17) is 9.47 Å². The van der Waals surface area contributed by atoms with Crippen LogP contribution < -0.4 is 14.8 Å². The molecule has 0 bridgehead atoms. The van der Waals surface area contributed by atoms with Crippen LogP contribution in [0.3, 0.4) is 0 Å². The van der Waals surface area contributed by atoms with E-state index in [9.17, 15) is 4.79 Å². The molecule has 2 aliphatic rings. The van der Waals surface area contributed by atoms with Crippen molar-refractivity contribution in [2.24, 2.45) is 5.92 Å². The summed E-state index contributed by atoms with van der Waals surface area (Å²) in [5, 5.41) is 3.19. The molecular formula is C24H30N2O3. The summed E-state index contributed by atoms with van der Waals surface area (Å²) in [4.78, 5) is 15.6. The van der Waals surface area contributed by atoms with Gasteiger partial charge in [-0.2, -0.15) is 0 Å². The number of amides is 1. The van der Waals surface area contributed by atoms with Gasteiger partial charge in [-0.1, -0.05) is 36.4 Å². The number of hydrogen-bond acceptors (Lipinski definition) is 4. The van der Waals surface area contributed by atoms with Crippen LogP contribution in [0.4, 0.5) is 0 Å². The van der Waals surface area contributed by atoms with Crippen molar-refractivity contribution in [3.05, 3.63) is 59.7 Å². The first-order valence-corrected chi connectivity index (χ1v) is 10.5. The Bertz CT molecular complexity index is 839. The second kappa shape index (κ2) is 8.87. The Kier molecular flexibility index (Phi) is 6.05. The lowest BCUT2D eigenvalue weighted by molar-refractivity contribution is -0.125. The van der Waals surface area contributed by atoms with E-state index in [2.05, 4.69) is 40.5 Å². The van der Waals surface area contributed by atoms with Gasteiger partial charge in [-0.3, -0.25) is 9.69 Å². The molecule has 29 heavy (non-hydrogen) atoms. The minimum atomic E-state index is 0.0699. The maximum atomic E-state index is 13.0. The van der Waals surface area contributed by atoms with Crippen LogP contribution >= 0.6 is 0 Å². The number of ether oxygens (including phenoxy) is 2. The molecule has 0 radical (unpaired) electrons. The summed E-state index contributed by atoms with van der Waals surface area (Å²) < 4.78 is 10.7. The highest BCUT2D eigenvalue weighted by Gasteiger charge is 2.46. The SMILES string of the molecule is COc1ccc(CCNC(=O)[C@H]2C[C@@H](c3ccccc3)N3CCC[C@H]23)c(OC)c1. The molecule has 5 nitrogen and oxygen atoms in total. The number of fused-ring (bicyclic) bond motifs is 1.